The Morgan fingerprint density at radius 2 is 2.04 bits per heavy atom. The van der Waals surface area contributed by atoms with Crippen LogP contribution in [0.25, 0.3) is 0 Å². The Morgan fingerprint density at radius 1 is 1.23 bits per heavy atom. The van der Waals surface area contributed by atoms with Crippen LogP contribution in [0.2, 0.25) is 0 Å². The maximum absolute atomic E-state index is 12.3. The zero-order chi connectivity index (χ0) is 18.4. The van der Waals surface area contributed by atoms with Crippen molar-refractivity contribution < 1.29 is 14.3 Å². The molecule has 0 aliphatic carbocycles. The highest BCUT2D eigenvalue weighted by atomic mass is 16.5. The van der Waals surface area contributed by atoms with Gasteiger partial charge in [-0.05, 0) is 37.5 Å². The molecule has 0 unspecified atom stereocenters. The number of carbonyl (C=O) groups excluding carboxylic acids is 2. The van der Waals surface area contributed by atoms with Crippen LogP contribution in [-0.2, 0) is 18.4 Å². The number of aromatic nitrogens is 2. The summed E-state index contributed by atoms with van der Waals surface area (Å²) in [4.78, 5) is 30.5. The summed E-state index contributed by atoms with van der Waals surface area (Å²) in [5.41, 5.74) is 0.488. The van der Waals surface area contributed by atoms with Crippen molar-refractivity contribution in [2.45, 2.75) is 25.8 Å². The predicted octanol–water partition coefficient (Wildman–Crippen LogP) is 1.74. The highest BCUT2D eigenvalue weighted by Crippen LogP contribution is 2.15. The van der Waals surface area contributed by atoms with Gasteiger partial charge in [0.2, 0.25) is 0 Å². The molecule has 0 atom stereocenters. The van der Waals surface area contributed by atoms with Crippen LogP contribution in [0, 0.1) is 0 Å². The van der Waals surface area contributed by atoms with Gasteiger partial charge in [0.25, 0.3) is 11.8 Å². The van der Waals surface area contributed by atoms with E-state index in [2.05, 4.69) is 10.3 Å². The number of hydrogen-bond donors (Lipinski definition) is 1. The third-order valence-electron chi connectivity index (χ3n) is 4.50. The van der Waals surface area contributed by atoms with Crippen LogP contribution >= 0.6 is 0 Å². The number of amides is 2. The normalized spacial score (nSPS) is 14.1. The molecule has 0 bridgehead atoms. The Bertz CT molecular complexity index is 766. The molecule has 1 N–H and O–H groups in total. The minimum Gasteiger partial charge on any atom is -0.484 e. The minimum atomic E-state index is -0.208. The van der Waals surface area contributed by atoms with E-state index >= 15 is 0 Å². The van der Waals surface area contributed by atoms with Gasteiger partial charge in [0.15, 0.2) is 6.61 Å². The molecule has 1 saturated heterocycles. The highest BCUT2D eigenvalue weighted by Gasteiger charge is 2.17. The molecule has 2 aromatic rings. The Balaban J connectivity index is 1.53. The molecule has 7 nitrogen and oxygen atoms in total. The number of rotatable bonds is 6. The van der Waals surface area contributed by atoms with Crippen molar-refractivity contribution in [1.82, 2.24) is 19.8 Å². The molecular weight excluding hydrogens is 332 g/mol. The lowest BCUT2D eigenvalue weighted by atomic mass is 10.1. The lowest BCUT2D eigenvalue weighted by Gasteiger charge is -2.26. The largest absolute Gasteiger partial charge is 0.484 e. The van der Waals surface area contributed by atoms with Crippen LogP contribution in [-0.4, -0.2) is 46.0 Å². The van der Waals surface area contributed by atoms with Crippen molar-refractivity contribution in [2.75, 3.05) is 19.7 Å². The van der Waals surface area contributed by atoms with Crippen LogP contribution in [0.3, 0.4) is 0 Å². The van der Waals surface area contributed by atoms with Crippen LogP contribution < -0.4 is 10.1 Å². The van der Waals surface area contributed by atoms with Gasteiger partial charge in [-0.25, -0.2) is 4.98 Å². The van der Waals surface area contributed by atoms with Gasteiger partial charge in [0, 0.05) is 38.1 Å². The quantitative estimate of drug-likeness (QED) is 0.855. The number of imidazole rings is 1. The first-order valence-corrected chi connectivity index (χ1v) is 8.88. The molecule has 138 valence electrons. The number of nitrogens with one attached hydrogen (secondary N) is 1. The molecule has 3 rings (SSSR count). The van der Waals surface area contributed by atoms with Crippen LogP contribution in [0.15, 0.2) is 36.7 Å². The Labute approximate surface area is 153 Å². The third-order valence-corrected chi connectivity index (χ3v) is 4.50. The lowest BCUT2D eigenvalue weighted by molar-refractivity contribution is -0.134. The van der Waals surface area contributed by atoms with E-state index in [4.69, 9.17) is 4.74 Å². The summed E-state index contributed by atoms with van der Waals surface area (Å²) in [7, 11) is 1.88. The van der Waals surface area contributed by atoms with Crippen LogP contribution in [0.4, 0.5) is 0 Å². The van der Waals surface area contributed by atoms with Crippen molar-refractivity contribution in [3.63, 3.8) is 0 Å². The molecule has 1 aromatic heterocycles. The average molecular weight is 356 g/mol. The Kier molecular flexibility index (Phi) is 5.88. The van der Waals surface area contributed by atoms with E-state index in [-0.39, 0.29) is 18.4 Å². The second kappa shape index (κ2) is 8.51. The number of nitrogens with zero attached hydrogens (tertiary/aromatic N) is 3. The van der Waals surface area contributed by atoms with Gasteiger partial charge in [-0.2, -0.15) is 0 Å². The first-order chi connectivity index (χ1) is 12.6. The van der Waals surface area contributed by atoms with Crippen molar-refractivity contribution in [2.24, 2.45) is 7.05 Å². The summed E-state index contributed by atoms with van der Waals surface area (Å²) < 4.78 is 7.45. The molecular formula is C19H24N4O3. The van der Waals surface area contributed by atoms with Gasteiger partial charge in [0.05, 0.1) is 6.54 Å². The first-order valence-electron chi connectivity index (χ1n) is 8.88. The zero-order valence-corrected chi connectivity index (χ0v) is 15.0. The highest BCUT2D eigenvalue weighted by molar-refractivity contribution is 5.94. The average Bonchev–Trinajstić information content (AvgIpc) is 3.10. The minimum absolute atomic E-state index is 0.00164. The molecule has 26 heavy (non-hydrogen) atoms. The molecule has 2 heterocycles. The van der Waals surface area contributed by atoms with Crippen molar-refractivity contribution in [3.05, 3.63) is 48.0 Å². The maximum Gasteiger partial charge on any atom is 0.260 e. The summed E-state index contributed by atoms with van der Waals surface area (Å²) in [6.07, 6.45) is 6.81. The standard InChI is InChI=1S/C19H24N4O3/c1-22-11-8-20-17(22)13-21-19(25)15-6-5-7-16(12-15)26-14-18(24)23-9-3-2-4-10-23/h5-8,11-12H,2-4,9-10,13-14H2,1H3,(H,21,25). The molecule has 1 aromatic carbocycles. The zero-order valence-electron chi connectivity index (χ0n) is 15.0. The summed E-state index contributed by atoms with van der Waals surface area (Å²) in [5, 5.41) is 2.83. The van der Waals surface area contributed by atoms with Crippen LogP contribution in [0.5, 0.6) is 5.75 Å². The number of hydrogen-bond acceptors (Lipinski definition) is 4. The lowest BCUT2D eigenvalue weighted by Crippen LogP contribution is -2.38. The fourth-order valence-electron chi connectivity index (χ4n) is 2.94. The van der Waals surface area contributed by atoms with E-state index in [1.54, 1.807) is 30.5 Å². The third kappa shape index (κ3) is 4.62. The SMILES string of the molecule is Cn1ccnc1CNC(=O)c1cccc(OCC(=O)N2CCCCC2)c1. The summed E-state index contributed by atoms with van der Waals surface area (Å²) in [5.74, 6) is 1.08. The topological polar surface area (TPSA) is 76.5 Å². The van der Waals surface area contributed by atoms with E-state index in [0.29, 0.717) is 17.9 Å². The molecule has 2 amide bonds. The number of piperidine rings is 1. The van der Waals surface area contributed by atoms with E-state index in [0.717, 1.165) is 31.8 Å². The van der Waals surface area contributed by atoms with E-state index in [9.17, 15) is 9.59 Å². The van der Waals surface area contributed by atoms with E-state index in [1.165, 1.54) is 6.42 Å². The second-order valence-corrected chi connectivity index (χ2v) is 6.40. The second-order valence-electron chi connectivity index (χ2n) is 6.40. The van der Waals surface area contributed by atoms with Gasteiger partial charge in [-0.3, -0.25) is 9.59 Å². The fourth-order valence-corrected chi connectivity index (χ4v) is 2.94. The molecule has 1 aliphatic heterocycles. The predicted molar refractivity (Wildman–Crippen MR) is 96.7 cm³/mol. The smallest absolute Gasteiger partial charge is 0.260 e. The molecule has 1 fully saturated rings. The van der Waals surface area contributed by atoms with Gasteiger partial charge in [-0.15, -0.1) is 0 Å². The number of aryl methyl sites for hydroxylation is 1. The van der Waals surface area contributed by atoms with Crippen molar-refractivity contribution in [1.29, 1.82) is 0 Å². The van der Waals surface area contributed by atoms with E-state index in [1.807, 2.05) is 22.7 Å². The first kappa shape index (κ1) is 18.0. The van der Waals surface area contributed by atoms with Gasteiger partial charge < -0.3 is 19.5 Å². The monoisotopic (exact) mass is 356 g/mol. The molecule has 0 radical (unpaired) electrons. The Hall–Kier alpha value is -2.83. The van der Waals surface area contributed by atoms with Gasteiger partial charge in [-0.1, -0.05) is 6.07 Å². The summed E-state index contributed by atoms with van der Waals surface area (Å²) >= 11 is 0. The summed E-state index contributed by atoms with van der Waals surface area (Å²) in [6, 6.07) is 6.86. The van der Waals surface area contributed by atoms with Gasteiger partial charge in [0.1, 0.15) is 11.6 Å². The number of ether oxygens (including phenoxy) is 1. The number of likely N-dealkylation sites (tertiary alicyclic amines) is 1. The summed E-state index contributed by atoms with van der Waals surface area (Å²) in [6.45, 7) is 1.95. The Morgan fingerprint density at radius 3 is 2.77 bits per heavy atom. The van der Waals surface area contributed by atoms with E-state index < -0.39 is 0 Å². The number of carbonyl (C=O) groups is 2. The maximum atomic E-state index is 12.3. The number of benzene rings is 1. The fraction of sp³-hybridized carbons (Fsp3) is 0.421. The molecule has 0 saturated carbocycles. The molecule has 7 heteroatoms. The van der Waals surface area contributed by atoms with Crippen molar-refractivity contribution in [3.8, 4) is 5.75 Å². The van der Waals surface area contributed by atoms with Gasteiger partial charge >= 0.3 is 0 Å². The molecule has 0 spiro atoms. The van der Waals surface area contributed by atoms with Crippen LogP contribution in [0.1, 0.15) is 35.4 Å². The molecule has 1 aliphatic rings. The van der Waals surface area contributed by atoms with Crippen molar-refractivity contribution >= 4 is 11.8 Å².